The Balaban J connectivity index is 2.86. The van der Waals surface area contributed by atoms with Crippen molar-refractivity contribution in [2.75, 3.05) is 0 Å². The summed E-state index contributed by atoms with van der Waals surface area (Å²) in [5.74, 6) is -0.0637. The number of benzene rings is 1. The van der Waals surface area contributed by atoms with Crippen LogP contribution in [0.4, 0.5) is 0 Å². The predicted octanol–water partition coefficient (Wildman–Crippen LogP) is 2.95. The SMILES string of the molecule is CC(=O)n1c(Cl)cc2ccccc21. The van der Waals surface area contributed by atoms with E-state index in [0.717, 1.165) is 10.9 Å². The largest absolute Gasteiger partial charge is 0.274 e. The van der Waals surface area contributed by atoms with Gasteiger partial charge in [0.2, 0.25) is 5.91 Å². The van der Waals surface area contributed by atoms with Gasteiger partial charge >= 0.3 is 0 Å². The molecule has 0 amide bonds. The van der Waals surface area contributed by atoms with Crippen molar-refractivity contribution in [3.05, 3.63) is 35.5 Å². The van der Waals surface area contributed by atoms with Crippen LogP contribution in [-0.2, 0) is 0 Å². The summed E-state index contributed by atoms with van der Waals surface area (Å²) in [6, 6.07) is 9.41. The van der Waals surface area contributed by atoms with Gasteiger partial charge in [-0.05, 0) is 12.1 Å². The Bertz CT molecular complexity index is 473. The number of carbonyl (C=O) groups is 1. The van der Waals surface area contributed by atoms with Crippen molar-refractivity contribution in [2.45, 2.75) is 6.92 Å². The van der Waals surface area contributed by atoms with Crippen molar-refractivity contribution >= 4 is 28.4 Å². The molecule has 13 heavy (non-hydrogen) atoms. The van der Waals surface area contributed by atoms with Gasteiger partial charge in [0.1, 0.15) is 5.15 Å². The molecule has 0 aliphatic heterocycles. The van der Waals surface area contributed by atoms with Crippen LogP contribution in [-0.4, -0.2) is 10.5 Å². The number of hydrogen-bond donors (Lipinski definition) is 0. The number of para-hydroxylation sites is 1. The minimum atomic E-state index is -0.0637. The highest BCUT2D eigenvalue weighted by Crippen LogP contribution is 2.22. The molecule has 2 aromatic rings. The monoisotopic (exact) mass is 193 g/mol. The number of fused-ring (bicyclic) bond motifs is 1. The van der Waals surface area contributed by atoms with Gasteiger partial charge in [0, 0.05) is 12.3 Å². The van der Waals surface area contributed by atoms with E-state index in [4.69, 9.17) is 11.6 Å². The molecule has 0 unspecified atom stereocenters. The highest BCUT2D eigenvalue weighted by molar-refractivity contribution is 6.32. The van der Waals surface area contributed by atoms with Crippen molar-refractivity contribution < 1.29 is 4.79 Å². The van der Waals surface area contributed by atoms with Crippen LogP contribution in [0.5, 0.6) is 0 Å². The second kappa shape index (κ2) is 2.89. The topological polar surface area (TPSA) is 22.0 Å². The summed E-state index contributed by atoms with van der Waals surface area (Å²) < 4.78 is 1.50. The number of aromatic nitrogens is 1. The first-order valence-electron chi connectivity index (χ1n) is 3.97. The molecule has 2 rings (SSSR count). The molecule has 0 atom stereocenters. The Morgan fingerprint density at radius 2 is 2.08 bits per heavy atom. The Morgan fingerprint density at radius 1 is 1.38 bits per heavy atom. The fourth-order valence-electron chi connectivity index (χ4n) is 1.44. The lowest BCUT2D eigenvalue weighted by Gasteiger charge is -1.99. The van der Waals surface area contributed by atoms with Crippen LogP contribution in [0.1, 0.15) is 11.7 Å². The zero-order chi connectivity index (χ0) is 9.42. The lowest BCUT2D eigenvalue weighted by Crippen LogP contribution is -2.04. The zero-order valence-electron chi connectivity index (χ0n) is 7.12. The van der Waals surface area contributed by atoms with E-state index < -0.39 is 0 Å². The molecule has 0 N–H and O–H groups in total. The number of halogens is 1. The molecule has 0 bridgehead atoms. The number of rotatable bonds is 0. The van der Waals surface area contributed by atoms with Gasteiger partial charge in [0.25, 0.3) is 0 Å². The van der Waals surface area contributed by atoms with Gasteiger partial charge in [0.15, 0.2) is 0 Å². The van der Waals surface area contributed by atoms with E-state index in [0.29, 0.717) is 5.15 Å². The van der Waals surface area contributed by atoms with Gasteiger partial charge in [0.05, 0.1) is 5.52 Å². The third kappa shape index (κ3) is 1.23. The molecule has 0 saturated heterocycles. The van der Waals surface area contributed by atoms with E-state index in [1.807, 2.05) is 24.3 Å². The molecule has 3 heteroatoms. The lowest BCUT2D eigenvalue weighted by molar-refractivity contribution is 0.0942. The minimum absolute atomic E-state index is 0.0637. The smallest absolute Gasteiger partial charge is 0.229 e. The first-order chi connectivity index (χ1) is 6.20. The van der Waals surface area contributed by atoms with Crippen LogP contribution in [0.3, 0.4) is 0 Å². The fourth-order valence-corrected chi connectivity index (χ4v) is 1.77. The van der Waals surface area contributed by atoms with Crippen molar-refractivity contribution in [1.82, 2.24) is 4.57 Å². The maximum atomic E-state index is 11.2. The molecule has 1 aromatic carbocycles. The van der Waals surface area contributed by atoms with Crippen LogP contribution >= 0.6 is 11.6 Å². The standard InChI is InChI=1S/C10H8ClNO/c1-7(13)12-9-5-3-2-4-8(9)6-10(12)11/h2-6H,1H3. The van der Waals surface area contributed by atoms with E-state index >= 15 is 0 Å². The second-order valence-corrected chi connectivity index (χ2v) is 3.27. The molecule has 0 saturated carbocycles. The van der Waals surface area contributed by atoms with E-state index in [-0.39, 0.29) is 5.91 Å². The summed E-state index contributed by atoms with van der Waals surface area (Å²) in [4.78, 5) is 11.2. The molecule has 0 aliphatic carbocycles. The first kappa shape index (κ1) is 8.32. The summed E-state index contributed by atoms with van der Waals surface area (Å²) in [6.45, 7) is 1.50. The molecule has 0 aliphatic rings. The molecule has 0 radical (unpaired) electrons. The third-order valence-corrected chi connectivity index (χ3v) is 2.26. The zero-order valence-corrected chi connectivity index (χ0v) is 7.88. The minimum Gasteiger partial charge on any atom is -0.274 e. The third-order valence-electron chi connectivity index (χ3n) is 1.98. The van der Waals surface area contributed by atoms with Gasteiger partial charge in [-0.1, -0.05) is 29.8 Å². The van der Waals surface area contributed by atoms with Gasteiger partial charge in [-0.25, -0.2) is 0 Å². The normalized spacial score (nSPS) is 10.6. The quantitative estimate of drug-likeness (QED) is 0.631. The van der Waals surface area contributed by atoms with Crippen molar-refractivity contribution in [1.29, 1.82) is 0 Å². The van der Waals surface area contributed by atoms with Gasteiger partial charge in [-0.3, -0.25) is 9.36 Å². The lowest BCUT2D eigenvalue weighted by atomic mass is 10.2. The van der Waals surface area contributed by atoms with Crippen molar-refractivity contribution in [3.63, 3.8) is 0 Å². The van der Waals surface area contributed by atoms with Crippen LogP contribution in [0.15, 0.2) is 30.3 Å². The maximum Gasteiger partial charge on any atom is 0.229 e. The first-order valence-corrected chi connectivity index (χ1v) is 4.35. The molecule has 1 heterocycles. The van der Waals surface area contributed by atoms with E-state index in [1.54, 1.807) is 6.07 Å². The summed E-state index contributed by atoms with van der Waals surface area (Å²) in [7, 11) is 0. The molecule has 0 spiro atoms. The van der Waals surface area contributed by atoms with Crippen LogP contribution in [0, 0.1) is 0 Å². The average Bonchev–Trinajstić information content (AvgIpc) is 2.39. The second-order valence-electron chi connectivity index (χ2n) is 2.88. The van der Waals surface area contributed by atoms with Crippen LogP contribution < -0.4 is 0 Å². The van der Waals surface area contributed by atoms with E-state index in [1.165, 1.54) is 11.5 Å². The fraction of sp³-hybridized carbons (Fsp3) is 0.100. The highest BCUT2D eigenvalue weighted by atomic mass is 35.5. The average molecular weight is 194 g/mol. The van der Waals surface area contributed by atoms with Gasteiger partial charge in [-0.15, -0.1) is 0 Å². The maximum absolute atomic E-state index is 11.2. The molecular formula is C10H8ClNO. The molecule has 66 valence electrons. The molecule has 0 fully saturated rings. The number of hydrogen-bond acceptors (Lipinski definition) is 1. The predicted molar refractivity (Wildman–Crippen MR) is 53.2 cm³/mol. The Labute approximate surface area is 80.7 Å². The Morgan fingerprint density at radius 3 is 2.77 bits per heavy atom. The summed E-state index contributed by atoms with van der Waals surface area (Å²) in [5.41, 5.74) is 0.861. The van der Waals surface area contributed by atoms with Crippen molar-refractivity contribution in [3.8, 4) is 0 Å². The van der Waals surface area contributed by atoms with E-state index in [2.05, 4.69) is 0 Å². The number of nitrogens with zero attached hydrogens (tertiary/aromatic N) is 1. The van der Waals surface area contributed by atoms with Crippen molar-refractivity contribution in [2.24, 2.45) is 0 Å². The summed E-state index contributed by atoms with van der Waals surface area (Å²) >= 11 is 5.90. The van der Waals surface area contributed by atoms with Gasteiger partial charge in [-0.2, -0.15) is 0 Å². The highest BCUT2D eigenvalue weighted by Gasteiger charge is 2.08. The summed E-state index contributed by atoms with van der Waals surface area (Å²) in [6.07, 6.45) is 0. The van der Waals surface area contributed by atoms with Crippen LogP contribution in [0.2, 0.25) is 5.15 Å². The molecular weight excluding hydrogens is 186 g/mol. The van der Waals surface area contributed by atoms with Gasteiger partial charge < -0.3 is 0 Å². The van der Waals surface area contributed by atoms with E-state index in [9.17, 15) is 4.79 Å². The molecule has 1 aromatic heterocycles. The number of carbonyl (C=O) groups excluding carboxylic acids is 1. The molecule has 2 nitrogen and oxygen atoms in total. The summed E-state index contributed by atoms with van der Waals surface area (Å²) in [5, 5.41) is 1.46. The Hall–Kier alpha value is -1.28. The van der Waals surface area contributed by atoms with Crippen LogP contribution in [0.25, 0.3) is 10.9 Å². The Kier molecular flexibility index (Phi) is 1.85.